The third kappa shape index (κ3) is 4.89. The Bertz CT molecular complexity index is 607. The Balaban J connectivity index is 1.92. The van der Waals surface area contributed by atoms with Crippen molar-refractivity contribution in [2.45, 2.75) is 32.2 Å². The normalized spacial score (nSPS) is 16.4. The van der Waals surface area contributed by atoms with Crippen molar-refractivity contribution in [3.63, 3.8) is 0 Å². The summed E-state index contributed by atoms with van der Waals surface area (Å²) in [4.78, 5) is 26.9. The molecule has 2 rings (SSSR count). The maximum atomic E-state index is 12.3. The molecule has 0 aromatic heterocycles. The SMILES string of the molecule is CCCN1CCC(N(C)C(=O)/C=C\c2cccc([N+](=O)[O-])c2)CC1. The van der Waals surface area contributed by atoms with Gasteiger partial charge in [0.15, 0.2) is 0 Å². The van der Waals surface area contributed by atoms with Gasteiger partial charge in [-0.05, 0) is 37.4 Å². The molecule has 0 N–H and O–H groups in total. The summed E-state index contributed by atoms with van der Waals surface area (Å²) in [6.07, 6.45) is 6.28. The zero-order chi connectivity index (χ0) is 17.5. The van der Waals surface area contributed by atoms with Crippen LogP contribution in [0.4, 0.5) is 5.69 Å². The van der Waals surface area contributed by atoms with Gasteiger partial charge in [-0.15, -0.1) is 0 Å². The molecule has 1 heterocycles. The second-order valence-corrected chi connectivity index (χ2v) is 6.21. The molecule has 1 aromatic carbocycles. The van der Waals surface area contributed by atoms with Crippen LogP contribution in [0.3, 0.4) is 0 Å². The first-order valence-electron chi connectivity index (χ1n) is 8.43. The summed E-state index contributed by atoms with van der Waals surface area (Å²) in [7, 11) is 1.83. The molecule has 1 fully saturated rings. The lowest BCUT2D eigenvalue weighted by Crippen LogP contribution is -2.45. The second kappa shape index (κ2) is 8.59. The van der Waals surface area contributed by atoms with Crippen molar-refractivity contribution in [1.29, 1.82) is 0 Å². The maximum absolute atomic E-state index is 12.3. The fraction of sp³-hybridized carbons (Fsp3) is 0.500. The lowest BCUT2D eigenvalue weighted by atomic mass is 10.0. The predicted octanol–water partition coefficient (Wildman–Crippen LogP) is 2.94. The monoisotopic (exact) mass is 331 g/mol. The first kappa shape index (κ1) is 18.1. The Kier molecular flexibility index (Phi) is 6.49. The Morgan fingerprint density at radius 1 is 1.42 bits per heavy atom. The minimum atomic E-state index is -0.435. The van der Waals surface area contributed by atoms with Crippen molar-refractivity contribution < 1.29 is 9.72 Å². The van der Waals surface area contributed by atoms with Gasteiger partial charge in [-0.25, -0.2) is 0 Å². The topological polar surface area (TPSA) is 66.7 Å². The maximum Gasteiger partial charge on any atom is 0.270 e. The molecule has 1 saturated heterocycles. The van der Waals surface area contributed by atoms with Crippen LogP contribution in [0.25, 0.3) is 6.08 Å². The van der Waals surface area contributed by atoms with Crippen LogP contribution in [0.1, 0.15) is 31.7 Å². The highest BCUT2D eigenvalue weighted by Crippen LogP contribution is 2.17. The standard InChI is InChI=1S/C18H25N3O3/c1-3-11-20-12-9-16(10-13-20)19(2)18(22)8-7-15-5-4-6-17(14-15)21(23)24/h4-8,14,16H,3,9-13H2,1-2H3/b8-7-. The number of carbonyl (C=O) groups is 1. The molecule has 6 nitrogen and oxygen atoms in total. The summed E-state index contributed by atoms with van der Waals surface area (Å²) in [5, 5.41) is 10.8. The van der Waals surface area contributed by atoms with Crippen molar-refractivity contribution in [2.75, 3.05) is 26.7 Å². The summed E-state index contributed by atoms with van der Waals surface area (Å²) in [6.45, 7) is 5.37. The zero-order valence-corrected chi connectivity index (χ0v) is 14.4. The molecule has 24 heavy (non-hydrogen) atoms. The summed E-state index contributed by atoms with van der Waals surface area (Å²) in [5.74, 6) is -0.0598. The summed E-state index contributed by atoms with van der Waals surface area (Å²) in [5.41, 5.74) is 0.685. The summed E-state index contributed by atoms with van der Waals surface area (Å²) in [6, 6.07) is 6.54. The van der Waals surface area contributed by atoms with E-state index in [9.17, 15) is 14.9 Å². The molecule has 1 amide bonds. The Hall–Kier alpha value is -2.21. The fourth-order valence-corrected chi connectivity index (χ4v) is 3.05. The van der Waals surface area contributed by atoms with E-state index in [0.717, 1.165) is 38.9 Å². The van der Waals surface area contributed by atoms with E-state index in [4.69, 9.17) is 0 Å². The lowest BCUT2D eigenvalue weighted by molar-refractivity contribution is -0.384. The van der Waals surface area contributed by atoms with E-state index >= 15 is 0 Å². The third-order valence-electron chi connectivity index (χ3n) is 4.49. The van der Waals surface area contributed by atoms with Crippen LogP contribution >= 0.6 is 0 Å². The van der Waals surface area contributed by atoms with Gasteiger partial charge in [-0.1, -0.05) is 19.1 Å². The average Bonchev–Trinajstić information content (AvgIpc) is 2.60. The van der Waals surface area contributed by atoms with Gasteiger partial charge < -0.3 is 9.80 Å². The average molecular weight is 331 g/mol. The van der Waals surface area contributed by atoms with Gasteiger partial charge in [0.25, 0.3) is 5.69 Å². The first-order chi connectivity index (χ1) is 11.5. The van der Waals surface area contributed by atoms with E-state index in [1.165, 1.54) is 18.2 Å². The number of non-ortho nitro benzene ring substituents is 1. The molecule has 0 aliphatic carbocycles. The molecule has 1 aromatic rings. The van der Waals surface area contributed by atoms with Gasteiger partial charge in [0.1, 0.15) is 0 Å². The van der Waals surface area contributed by atoms with Crippen molar-refractivity contribution >= 4 is 17.7 Å². The smallest absolute Gasteiger partial charge is 0.270 e. The highest BCUT2D eigenvalue weighted by molar-refractivity contribution is 5.91. The molecular weight excluding hydrogens is 306 g/mol. The van der Waals surface area contributed by atoms with Crippen molar-refractivity contribution in [2.24, 2.45) is 0 Å². The van der Waals surface area contributed by atoms with Crippen LogP contribution in [0.5, 0.6) is 0 Å². The first-order valence-corrected chi connectivity index (χ1v) is 8.43. The molecule has 0 saturated carbocycles. The molecule has 0 spiro atoms. The van der Waals surface area contributed by atoms with Crippen LogP contribution in [0.15, 0.2) is 30.3 Å². The second-order valence-electron chi connectivity index (χ2n) is 6.21. The number of hydrogen-bond acceptors (Lipinski definition) is 4. The number of amides is 1. The van der Waals surface area contributed by atoms with Crippen LogP contribution in [-0.4, -0.2) is 53.4 Å². The number of likely N-dealkylation sites (N-methyl/N-ethyl adjacent to an activating group) is 1. The highest BCUT2D eigenvalue weighted by Gasteiger charge is 2.23. The van der Waals surface area contributed by atoms with Crippen molar-refractivity contribution in [3.05, 3.63) is 46.0 Å². The highest BCUT2D eigenvalue weighted by atomic mass is 16.6. The van der Waals surface area contributed by atoms with Gasteiger partial charge in [-0.2, -0.15) is 0 Å². The number of likely N-dealkylation sites (tertiary alicyclic amines) is 1. The number of carbonyl (C=O) groups excluding carboxylic acids is 1. The Morgan fingerprint density at radius 2 is 2.12 bits per heavy atom. The molecule has 1 aliphatic heterocycles. The molecular formula is C18H25N3O3. The van der Waals surface area contributed by atoms with E-state index in [0.29, 0.717) is 5.56 Å². The number of nitro benzene ring substituents is 1. The summed E-state index contributed by atoms with van der Waals surface area (Å²) < 4.78 is 0. The number of piperidine rings is 1. The number of nitrogens with zero attached hydrogens (tertiary/aromatic N) is 3. The number of rotatable bonds is 6. The van der Waals surface area contributed by atoms with Crippen LogP contribution < -0.4 is 0 Å². The summed E-state index contributed by atoms with van der Waals surface area (Å²) >= 11 is 0. The lowest BCUT2D eigenvalue weighted by Gasteiger charge is -2.36. The largest absolute Gasteiger partial charge is 0.339 e. The third-order valence-corrected chi connectivity index (χ3v) is 4.49. The number of hydrogen-bond donors (Lipinski definition) is 0. The van der Waals surface area contributed by atoms with E-state index < -0.39 is 4.92 Å². The zero-order valence-electron chi connectivity index (χ0n) is 14.4. The van der Waals surface area contributed by atoms with E-state index in [1.54, 1.807) is 23.1 Å². The van der Waals surface area contributed by atoms with Crippen molar-refractivity contribution in [3.8, 4) is 0 Å². The molecule has 1 aliphatic rings. The molecule has 6 heteroatoms. The number of nitro groups is 1. The van der Waals surface area contributed by atoms with E-state index in [-0.39, 0.29) is 17.6 Å². The van der Waals surface area contributed by atoms with Gasteiger partial charge in [0.05, 0.1) is 4.92 Å². The molecule has 0 radical (unpaired) electrons. The van der Waals surface area contributed by atoms with E-state index in [1.807, 2.05) is 7.05 Å². The van der Waals surface area contributed by atoms with Crippen LogP contribution in [0, 0.1) is 10.1 Å². The fourth-order valence-electron chi connectivity index (χ4n) is 3.05. The minimum absolute atomic E-state index is 0.0289. The molecule has 0 atom stereocenters. The number of benzene rings is 1. The van der Waals surface area contributed by atoms with E-state index in [2.05, 4.69) is 11.8 Å². The van der Waals surface area contributed by atoms with Gasteiger partial charge in [0, 0.05) is 44.4 Å². The molecule has 0 bridgehead atoms. The predicted molar refractivity (Wildman–Crippen MR) is 94.7 cm³/mol. The Labute approximate surface area is 142 Å². The minimum Gasteiger partial charge on any atom is -0.339 e. The molecule has 0 unspecified atom stereocenters. The van der Waals surface area contributed by atoms with Gasteiger partial charge >= 0.3 is 0 Å². The van der Waals surface area contributed by atoms with Gasteiger partial charge in [-0.3, -0.25) is 14.9 Å². The van der Waals surface area contributed by atoms with Crippen LogP contribution in [-0.2, 0) is 4.79 Å². The van der Waals surface area contributed by atoms with Crippen LogP contribution in [0.2, 0.25) is 0 Å². The quantitative estimate of drug-likeness (QED) is 0.457. The van der Waals surface area contributed by atoms with Gasteiger partial charge in [0.2, 0.25) is 5.91 Å². The Morgan fingerprint density at radius 3 is 2.75 bits per heavy atom. The molecule has 130 valence electrons. The van der Waals surface area contributed by atoms with Crippen molar-refractivity contribution in [1.82, 2.24) is 9.80 Å².